The number of carbonyl (C=O) groups is 1. The number of fused-ring (bicyclic) bond motifs is 1. The van der Waals surface area contributed by atoms with Crippen molar-refractivity contribution in [1.29, 1.82) is 0 Å². The van der Waals surface area contributed by atoms with Crippen molar-refractivity contribution < 1.29 is 22.7 Å². The second-order valence-electron chi connectivity index (χ2n) is 7.57. The SMILES string of the molecule is Cc1nc(NC2CC(Oc3cncc(C(F)(F)F)c3)C2)nc2c1NC(=O)[C@H](C)N2C. The Bertz CT molecular complexity index is 977. The highest BCUT2D eigenvalue weighted by atomic mass is 19.4. The Hall–Kier alpha value is -3.11. The second kappa shape index (κ2) is 7.29. The average molecular weight is 422 g/mol. The van der Waals surface area contributed by atoms with Crippen LogP contribution in [0, 0.1) is 6.92 Å². The molecule has 1 amide bonds. The van der Waals surface area contributed by atoms with Gasteiger partial charge in [0, 0.05) is 32.1 Å². The summed E-state index contributed by atoms with van der Waals surface area (Å²) in [5.74, 6) is 1.06. The van der Waals surface area contributed by atoms with Crippen LogP contribution >= 0.6 is 0 Å². The fraction of sp³-hybridized carbons (Fsp3) is 0.474. The number of aryl methyl sites for hydroxylation is 1. The van der Waals surface area contributed by atoms with E-state index in [0.29, 0.717) is 36.0 Å². The molecule has 1 saturated carbocycles. The number of nitrogens with one attached hydrogen (secondary N) is 2. The summed E-state index contributed by atoms with van der Waals surface area (Å²) in [5.41, 5.74) is 0.409. The van der Waals surface area contributed by atoms with Crippen LogP contribution in [0.2, 0.25) is 0 Å². The molecule has 0 spiro atoms. The van der Waals surface area contributed by atoms with Crippen LogP contribution in [0.15, 0.2) is 18.5 Å². The number of hydrogen-bond donors (Lipinski definition) is 2. The van der Waals surface area contributed by atoms with Gasteiger partial charge in [-0.1, -0.05) is 0 Å². The fourth-order valence-corrected chi connectivity index (χ4v) is 3.40. The van der Waals surface area contributed by atoms with Crippen LogP contribution in [-0.2, 0) is 11.0 Å². The predicted molar refractivity (Wildman–Crippen MR) is 104 cm³/mol. The first-order valence-corrected chi connectivity index (χ1v) is 9.49. The number of anilines is 3. The van der Waals surface area contributed by atoms with Crippen LogP contribution in [-0.4, -0.2) is 46.1 Å². The summed E-state index contributed by atoms with van der Waals surface area (Å²) < 4.78 is 44.0. The topological polar surface area (TPSA) is 92.3 Å². The van der Waals surface area contributed by atoms with Gasteiger partial charge in [0.05, 0.1) is 17.5 Å². The smallest absolute Gasteiger partial charge is 0.418 e. The van der Waals surface area contributed by atoms with Crippen molar-refractivity contribution in [1.82, 2.24) is 15.0 Å². The maximum absolute atomic E-state index is 12.8. The molecule has 0 aromatic carbocycles. The molecule has 160 valence electrons. The van der Waals surface area contributed by atoms with Crippen LogP contribution < -0.4 is 20.3 Å². The number of halogens is 3. The molecule has 1 aliphatic carbocycles. The summed E-state index contributed by atoms with van der Waals surface area (Å²) in [6.45, 7) is 3.59. The number of carbonyl (C=O) groups excluding carboxylic acids is 1. The predicted octanol–water partition coefficient (Wildman–Crippen LogP) is 3.00. The second-order valence-corrected chi connectivity index (χ2v) is 7.57. The molecule has 2 N–H and O–H groups in total. The monoisotopic (exact) mass is 422 g/mol. The van der Waals surface area contributed by atoms with Gasteiger partial charge in [-0.25, -0.2) is 4.98 Å². The Kier molecular flexibility index (Phi) is 4.91. The number of aromatic nitrogens is 3. The normalized spacial score (nSPS) is 23.3. The maximum Gasteiger partial charge on any atom is 0.418 e. The molecule has 0 radical (unpaired) electrons. The zero-order valence-electron chi connectivity index (χ0n) is 16.6. The third-order valence-corrected chi connectivity index (χ3v) is 5.38. The summed E-state index contributed by atoms with van der Waals surface area (Å²) in [5, 5.41) is 6.06. The molecule has 4 rings (SSSR count). The number of likely N-dealkylation sites (N-methyl/N-ethyl adjacent to an activating group) is 1. The van der Waals surface area contributed by atoms with E-state index in [2.05, 4.69) is 25.6 Å². The van der Waals surface area contributed by atoms with Gasteiger partial charge in [-0.2, -0.15) is 18.2 Å². The first kappa shape index (κ1) is 20.2. The van der Waals surface area contributed by atoms with E-state index in [1.807, 2.05) is 0 Å². The highest BCUT2D eigenvalue weighted by Gasteiger charge is 2.35. The Morgan fingerprint density at radius 1 is 1.27 bits per heavy atom. The molecule has 3 heterocycles. The van der Waals surface area contributed by atoms with E-state index in [-0.39, 0.29) is 29.8 Å². The highest BCUT2D eigenvalue weighted by Crippen LogP contribution is 2.35. The van der Waals surface area contributed by atoms with Gasteiger partial charge < -0.3 is 20.3 Å². The minimum Gasteiger partial charge on any atom is -0.489 e. The number of pyridine rings is 1. The van der Waals surface area contributed by atoms with Gasteiger partial charge in [-0.3, -0.25) is 9.78 Å². The van der Waals surface area contributed by atoms with E-state index in [4.69, 9.17) is 4.74 Å². The number of amides is 1. The molecule has 1 fully saturated rings. The molecular weight excluding hydrogens is 401 g/mol. The van der Waals surface area contributed by atoms with E-state index < -0.39 is 11.7 Å². The molecule has 1 aliphatic heterocycles. The van der Waals surface area contributed by atoms with Crippen molar-refractivity contribution in [3.05, 3.63) is 29.7 Å². The summed E-state index contributed by atoms with van der Waals surface area (Å²) >= 11 is 0. The first-order chi connectivity index (χ1) is 14.1. The molecule has 0 bridgehead atoms. The van der Waals surface area contributed by atoms with Crippen LogP contribution in [0.25, 0.3) is 0 Å². The van der Waals surface area contributed by atoms with Crippen molar-refractivity contribution in [2.45, 2.75) is 51.1 Å². The van der Waals surface area contributed by atoms with E-state index in [0.717, 1.165) is 12.3 Å². The quantitative estimate of drug-likeness (QED) is 0.783. The fourth-order valence-electron chi connectivity index (χ4n) is 3.40. The largest absolute Gasteiger partial charge is 0.489 e. The molecule has 2 aromatic heterocycles. The van der Waals surface area contributed by atoms with Crippen molar-refractivity contribution in [3.63, 3.8) is 0 Å². The molecule has 30 heavy (non-hydrogen) atoms. The lowest BCUT2D eigenvalue weighted by Crippen LogP contribution is -2.45. The van der Waals surface area contributed by atoms with E-state index in [1.165, 1.54) is 6.20 Å². The zero-order chi connectivity index (χ0) is 21.6. The summed E-state index contributed by atoms with van der Waals surface area (Å²) in [4.78, 5) is 26.3. The lowest BCUT2D eigenvalue weighted by molar-refractivity contribution is -0.138. The van der Waals surface area contributed by atoms with Crippen molar-refractivity contribution >= 4 is 23.4 Å². The molecule has 8 nitrogen and oxygen atoms in total. The molecule has 0 saturated heterocycles. The minimum atomic E-state index is -4.46. The number of nitrogens with zero attached hydrogens (tertiary/aromatic N) is 4. The van der Waals surface area contributed by atoms with Crippen molar-refractivity contribution in [2.75, 3.05) is 22.6 Å². The van der Waals surface area contributed by atoms with Crippen molar-refractivity contribution in [2.24, 2.45) is 0 Å². The molecule has 2 aliphatic rings. The van der Waals surface area contributed by atoms with Crippen molar-refractivity contribution in [3.8, 4) is 5.75 Å². The zero-order valence-corrected chi connectivity index (χ0v) is 16.6. The van der Waals surface area contributed by atoms with Crippen LogP contribution in [0.5, 0.6) is 5.75 Å². The Morgan fingerprint density at radius 3 is 2.70 bits per heavy atom. The van der Waals surface area contributed by atoms with Crippen LogP contribution in [0.4, 0.5) is 30.6 Å². The summed E-state index contributed by atoms with van der Waals surface area (Å²) in [7, 11) is 1.80. The first-order valence-electron chi connectivity index (χ1n) is 9.49. The van der Waals surface area contributed by atoms with Gasteiger partial charge in [0.1, 0.15) is 23.6 Å². The standard InChI is InChI=1S/C19H21F3N6O2/c1-9-15-16(28(3)10(2)17(29)26-15)27-18(24-9)25-12-5-13(6-12)30-14-4-11(7-23-8-14)19(20,21)22/h4,7-8,10,12-13H,5-6H2,1-3H3,(H,26,29)(H,24,25,27)/t10-,12?,13?/m0/s1. The number of hydrogen-bond acceptors (Lipinski definition) is 7. The lowest BCUT2D eigenvalue weighted by atomic mass is 9.89. The van der Waals surface area contributed by atoms with Gasteiger partial charge in [0.25, 0.3) is 0 Å². The van der Waals surface area contributed by atoms with Gasteiger partial charge in [0.2, 0.25) is 11.9 Å². The number of ether oxygens (including phenoxy) is 1. The third kappa shape index (κ3) is 3.83. The van der Waals surface area contributed by atoms with Gasteiger partial charge in [-0.05, 0) is 19.9 Å². The molecule has 1 atom stereocenters. The number of alkyl halides is 3. The maximum atomic E-state index is 12.8. The Balaban J connectivity index is 1.38. The van der Waals surface area contributed by atoms with E-state index in [1.54, 1.807) is 25.8 Å². The average Bonchev–Trinajstić information content (AvgIpc) is 2.65. The highest BCUT2D eigenvalue weighted by molar-refractivity contribution is 6.03. The van der Waals surface area contributed by atoms with Gasteiger partial charge in [0.15, 0.2) is 5.82 Å². The van der Waals surface area contributed by atoms with Crippen LogP contribution in [0.3, 0.4) is 0 Å². The number of rotatable bonds is 4. The molecular formula is C19H21F3N6O2. The molecule has 11 heteroatoms. The minimum absolute atomic E-state index is 0.0344. The molecule has 0 unspecified atom stereocenters. The van der Waals surface area contributed by atoms with E-state index >= 15 is 0 Å². The van der Waals surface area contributed by atoms with E-state index in [9.17, 15) is 18.0 Å². The van der Waals surface area contributed by atoms with Gasteiger partial charge >= 0.3 is 6.18 Å². The third-order valence-electron chi connectivity index (χ3n) is 5.38. The van der Waals surface area contributed by atoms with Gasteiger partial charge in [-0.15, -0.1) is 0 Å². The Labute approximate surface area is 170 Å². The molecule has 2 aromatic rings. The Morgan fingerprint density at radius 2 is 2.00 bits per heavy atom. The summed E-state index contributed by atoms with van der Waals surface area (Å²) in [6.07, 6.45) is -1.43. The van der Waals surface area contributed by atoms with Crippen LogP contribution in [0.1, 0.15) is 31.0 Å². The summed E-state index contributed by atoms with van der Waals surface area (Å²) in [6, 6.07) is 0.643. The lowest BCUT2D eigenvalue weighted by Gasteiger charge is -2.36.